The number of primary sulfonamides is 1. The number of rotatable bonds is 7. The van der Waals surface area contributed by atoms with E-state index in [4.69, 9.17) is 9.88 Å². The molecule has 6 rings (SSSR count). The molecule has 2 unspecified atom stereocenters. The van der Waals surface area contributed by atoms with E-state index >= 15 is 0 Å². The molecule has 3 heterocycles. The Balaban J connectivity index is 1.33. The fourth-order valence-corrected chi connectivity index (χ4v) is 8.79. The minimum Gasteiger partial charge on any atom is -0.483 e. The largest absolute Gasteiger partial charge is 0.483 e. The van der Waals surface area contributed by atoms with Crippen LogP contribution in [-0.4, -0.2) is 43.0 Å². The summed E-state index contributed by atoms with van der Waals surface area (Å²) in [6.45, 7) is -0.527. The molecular formula is C29H20BrF3N4O7S3. The van der Waals surface area contributed by atoms with Crippen molar-refractivity contribution in [3.05, 3.63) is 96.9 Å². The topological polar surface area (TPSA) is 169 Å². The number of hydrogen-bond acceptors (Lipinski definition) is 9. The van der Waals surface area contributed by atoms with E-state index in [9.17, 15) is 40.8 Å². The first-order valence-corrected chi connectivity index (χ1v) is 17.4. The van der Waals surface area contributed by atoms with Gasteiger partial charge in [0.25, 0.3) is 5.91 Å². The number of H-pyrrole nitrogens is 1. The quantitative estimate of drug-likeness (QED) is 0.228. The van der Waals surface area contributed by atoms with Crippen LogP contribution in [0.2, 0.25) is 0 Å². The summed E-state index contributed by atoms with van der Waals surface area (Å²) in [5, 5.41) is 6.92. The first-order chi connectivity index (χ1) is 22.1. The van der Waals surface area contributed by atoms with E-state index in [1.54, 1.807) is 12.1 Å². The van der Waals surface area contributed by atoms with Crippen molar-refractivity contribution in [1.29, 1.82) is 0 Å². The third-order valence-corrected chi connectivity index (χ3v) is 11.2. The van der Waals surface area contributed by atoms with Crippen molar-refractivity contribution in [1.82, 2.24) is 4.98 Å². The predicted octanol–water partition coefficient (Wildman–Crippen LogP) is 4.68. The number of aromatic amines is 1. The van der Waals surface area contributed by atoms with Crippen LogP contribution in [0.5, 0.6) is 5.75 Å². The summed E-state index contributed by atoms with van der Waals surface area (Å²) in [7, 11) is -3.93. The standard InChI is InChI=1S/C29H20BrF3N4O7S3/c30-14-4-9-19(44-12-20(38)35-15-5-7-17(8-6-15)47(34,42)43)18(11-14)21-22-24(45-25-23(21)46-28(41)36-25)27(40)37(26(22)39)16-3-1-2-13(10-16)29(31,32)33/h1-11,21-22,24H,12H2,(H,35,38)(H,36,41)(H2,34,42,43)/t21-,22?,24?/m1/s1. The molecule has 47 heavy (non-hydrogen) atoms. The van der Waals surface area contributed by atoms with Crippen molar-refractivity contribution in [3.63, 3.8) is 0 Å². The Morgan fingerprint density at radius 2 is 1.77 bits per heavy atom. The maximum atomic E-state index is 14.0. The van der Waals surface area contributed by atoms with Crippen LogP contribution in [0.25, 0.3) is 0 Å². The molecule has 0 saturated carbocycles. The zero-order chi connectivity index (χ0) is 33.8. The Morgan fingerprint density at radius 1 is 1.04 bits per heavy atom. The van der Waals surface area contributed by atoms with E-state index in [-0.39, 0.29) is 22.0 Å². The number of fused-ring (bicyclic) bond motifs is 2. The minimum atomic E-state index is -4.71. The molecule has 11 nitrogen and oxygen atoms in total. The van der Waals surface area contributed by atoms with E-state index in [0.717, 1.165) is 46.2 Å². The van der Waals surface area contributed by atoms with Crippen molar-refractivity contribution < 1.29 is 40.7 Å². The van der Waals surface area contributed by atoms with Crippen LogP contribution in [0.3, 0.4) is 0 Å². The zero-order valence-electron chi connectivity index (χ0n) is 23.4. The van der Waals surface area contributed by atoms with Gasteiger partial charge in [-0.15, -0.1) is 0 Å². The van der Waals surface area contributed by atoms with Crippen LogP contribution in [0.4, 0.5) is 24.5 Å². The number of aromatic nitrogens is 1. The van der Waals surface area contributed by atoms with Gasteiger partial charge in [-0.25, -0.2) is 18.5 Å². The number of halogens is 4. The molecule has 3 amide bonds. The first kappa shape index (κ1) is 33.0. The fourth-order valence-electron chi connectivity index (χ4n) is 5.39. The number of amides is 3. The highest BCUT2D eigenvalue weighted by Crippen LogP contribution is 2.55. The summed E-state index contributed by atoms with van der Waals surface area (Å²) < 4.78 is 69.9. The number of anilines is 2. The molecule has 2 aliphatic heterocycles. The van der Waals surface area contributed by atoms with Gasteiger partial charge in [0.05, 0.1) is 27.1 Å². The van der Waals surface area contributed by atoms with Crippen LogP contribution in [0, 0.1) is 5.92 Å². The summed E-state index contributed by atoms with van der Waals surface area (Å²) in [5.41, 5.74) is -0.650. The second kappa shape index (κ2) is 12.2. The fraction of sp³-hybridized carbons (Fsp3) is 0.172. The van der Waals surface area contributed by atoms with E-state index in [0.29, 0.717) is 19.9 Å². The second-order valence-corrected chi connectivity index (χ2v) is 15.0. The van der Waals surface area contributed by atoms with E-state index < -0.39 is 68.1 Å². The number of nitrogens with zero attached hydrogens (tertiary/aromatic N) is 1. The Hall–Kier alpha value is -3.97. The van der Waals surface area contributed by atoms with Gasteiger partial charge in [-0.05, 0) is 60.7 Å². The number of hydrogen-bond donors (Lipinski definition) is 3. The van der Waals surface area contributed by atoms with Gasteiger partial charge in [-0.3, -0.25) is 19.2 Å². The lowest BCUT2D eigenvalue weighted by molar-refractivity contribution is -0.137. The number of carbonyl (C=O) groups is 3. The van der Waals surface area contributed by atoms with Crippen molar-refractivity contribution in [3.8, 4) is 5.75 Å². The van der Waals surface area contributed by atoms with Gasteiger partial charge in [0, 0.05) is 26.5 Å². The Bertz CT molecular complexity index is 2100. The third-order valence-electron chi connectivity index (χ3n) is 7.39. The number of carbonyl (C=O) groups excluding carboxylic acids is 3. The SMILES string of the molecule is NS(=O)(=O)c1ccc(NC(=O)COc2ccc(Br)cc2[C@H]2c3sc(=O)[nH]c3SC3C(=O)N(c4cccc(C(F)(F)F)c4)C(=O)C32)cc1. The van der Waals surface area contributed by atoms with Gasteiger partial charge in [0.15, 0.2) is 6.61 Å². The Morgan fingerprint density at radius 3 is 2.45 bits per heavy atom. The molecule has 244 valence electrons. The molecule has 18 heteroatoms. The summed E-state index contributed by atoms with van der Waals surface area (Å²) in [4.78, 5) is 56.3. The maximum Gasteiger partial charge on any atom is 0.416 e. The van der Waals surface area contributed by atoms with Crippen LogP contribution in [0.1, 0.15) is 21.9 Å². The smallest absolute Gasteiger partial charge is 0.416 e. The summed E-state index contributed by atoms with van der Waals surface area (Å²) in [6, 6.07) is 13.8. The van der Waals surface area contributed by atoms with Gasteiger partial charge in [0.1, 0.15) is 11.0 Å². The highest BCUT2D eigenvalue weighted by Gasteiger charge is 2.57. The van der Waals surface area contributed by atoms with Crippen LogP contribution in [-0.2, 0) is 30.6 Å². The summed E-state index contributed by atoms with van der Waals surface area (Å²) in [6.07, 6.45) is -4.71. The minimum absolute atomic E-state index is 0.145. The number of benzene rings is 3. The number of sulfonamides is 1. The number of thioether (sulfide) groups is 1. The molecule has 3 atom stereocenters. The predicted molar refractivity (Wildman–Crippen MR) is 170 cm³/mol. The first-order valence-electron chi connectivity index (χ1n) is 13.4. The number of ether oxygens (including phenoxy) is 1. The number of nitrogens with one attached hydrogen (secondary N) is 2. The molecule has 2 aliphatic rings. The van der Waals surface area contributed by atoms with Crippen molar-refractivity contribution in [2.75, 3.05) is 16.8 Å². The molecule has 1 aromatic heterocycles. The van der Waals surface area contributed by atoms with E-state index in [2.05, 4.69) is 26.2 Å². The number of nitrogens with two attached hydrogens (primary N) is 1. The van der Waals surface area contributed by atoms with Gasteiger partial charge in [0.2, 0.25) is 21.8 Å². The molecular weight excluding hydrogens is 749 g/mol. The van der Waals surface area contributed by atoms with Crippen molar-refractivity contribution in [2.45, 2.75) is 27.3 Å². The maximum absolute atomic E-state index is 14.0. The summed E-state index contributed by atoms with van der Waals surface area (Å²) >= 11 is 5.18. The van der Waals surface area contributed by atoms with Crippen LogP contribution in [0.15, 0.2) is 85.9 Å². The van der Waals surface area contributed by atoms with Crippen molar-refractivity contribution >= 4 is 78.1 Å². The molecule has 0 spiro atoms. The molecule has 0 aliphatic carbocycles. The average molecular weight is 770 g/mol. The molecule has 4 aromatic rings. The Labute approximate surface area is 280 Å². The molecule has 1 fully saturated rings. The lowest BCUT2D eigenvalue weighted by Gasteiger charge is -2.31. The molecule has 0 bridgehead atoms. The lowest BCUT2D eigenvalue weighted by atomic mass is 9.82. The molecule has 4 N–H and O–H groups in total. The van der Waals surface area contributed by atoms with Crippen LogP contribution >= 0.6 is 39.0 Å². The van der Waals surface area contributed by atoms with Gasteiger partial charge < -0.3 is 15.0 Å². The highest BCUT2D eigenvalue weighted by atomic mass is 79.9. The highest BCUT2D eigenvalue weighted by molar-refractivity contribution is 9.10. The Kier molecular flexibility index (Phi) is 8.58. The van der Waals surface area contributed by atoms with Gasteiger partial charge in [-0.2, -0.15) is 13.2 Å². The monoisotopic (exact) mass is 768 g/mol. The summed E-state index contributed by atoms with van der Waals surface area (Å²) in [5.74, 6) is -4.05. The normalized spacial score (nSPS) is 19.3. The molecule has 1 saturated heterocycles. The zero-order valence-corrected chi connectivity index (χ0v) is 27.4. The molecule has 0 radical (unpaired) electrons. The molecule has 3 aromatic carbocycles. The van der Waals surface area contributed by atoms with E-state index in [1.165, 1.54) is 36.4 Å². The number of imide groups is 1. The van der Waals surface area contributed by atoms with Crippen LogP contribution < -0.4 is 25.0 Å². The number of alkyl halides is 3. The van der Waals surface area contributed by atoms with Crippen molar-refractivity contribution in [2.24, 2.45) is 11.1 Å². The second-order valence-electron chi connectivity index (χ2n) is 10.4. The average Bonchev–Trinajstić information content (AvgIpc) is 3.49. The number of thiazole rings is 1. The third kappa shape index (κ3) is 6.47. The van der Waals surface area contributed by atoms with E-state index in [1.807, 2.05) is 0 Å². The van der Waals surface area contributed by atoms with Gasteiger partial charge >= 0.3 is 11.0 Å². The van der Waals surface area contributed by atoms with Gasteiger partial charge in [-0.1, -0.05) is 45.1 Å². The lowest BCUT2D eigenvalue weighted by Crippen LogP contribution is -2.32.